The van der Waals surface area contributed by atoms with E-state index in [-0.39, 0.29) is 0 Å². The lowest BCUT2D eigenvalue weighted by Gasteiger charge is -2.06. The van der Waals surface area contributed by atoms with E-state index >= 15 is 0 Å². The van der Waals surface area contributed by atoms with Crippen LogP contribution in [0.3, 0.4) is 0 Å². The van der Waals surface area contributed by atoms with Gasteiger partial charge in [0.05, 0.1) is 17.4 Å². The summed E-state index contributed by atoms with van der Waals surface area (Å²) in [5.74, 6) is -0.396. The largest absolute Gasteiger partial charge is 0.397 e. The van der Waals surface area contributed by atoms with Crippen molar-refractivity contribution in [2.24, 2.45) is 0 Å². The Morgan fingerprint density at radius 1 is 1.36 bits per heavy atom. The fourth-order valence-corrected chi connectivity index (χ4v) is 1.36. The average Bonchev–Trinajstić information content (AvgIpc) is 2.14. The van der Waals surface area contributed by atoms with Gasteiger partial charge in [0, 0.05) is 11.8 Å². The van der Waals surface area contributed by atoms with Crippen LogP contribution in [0.25, 0.3) is 11.0 Å². The van der Waals surface area contributed by atoms with Crippen molar-refractivity contribution in [2.45, 2.75) is 13.8 Å². The van der Waals surface area contributed by atoms with E-state index in [1.807, 2.05) is 13.8 Å². The van der Waals surface area contributed by atoms with Crippen molar-refractivity contribution in [2.75, 3.05) is 5.73 Å². The van der Waals surface area contributed by atoms with E-state index in [1.54, 1.807) is 0 Å². The van der Waals surface area contributed by atoms with Crippen molar-refractivity contribution < 1.29 is 4.39 Å². The maximum absolute atomic E-state index is 12.9. The molecule has 0 unspecified atom stereocenters. The van der Waals surface area contributed by atoms with Crippen LogP contribution >= 0.6 is 0 Å². The van der Waals surface area contributed by atoms with Crippen molar-refractivity contribution in [1.29, 1.82) is 0 Å². The lowest BCUT2D eigenvalue weighted by atomic mass is 10.1. The Balaban J connectivity index is 2.91. The minimum atomic E-state index is -0.396. The average molecular weight is 191 g/mol. The number of aryl methyl sites for hydroxylation is 1. The van der Waals surface area contributed by atoms with Gasteiger partial charge in [-0.2, -0.15) is 0 Å². The van der Waals surface area contributed by atoms with Crippen molar-refractivity contribution >= 4 is 16.7 Å². The van der Waals surface area contributed by atoms with Gasteiger partial charge >= 0.3 is 0 Å². The van der Waals surface area contributed by atoms with Gasteiger partial charge in [0.2, 0.25) is 0 Å². The van der Waals surface area contributed by atoms with Crippen molar-refractivity contribution in [1.82, 2.24) is 9.97 Å². The van der Waals surface area contributed by atoms with E-state index in [9.17, 15) is 4.39 Å². The standard InChI is InChI=1S/C10H10FN3/c1-5-6(2)14-8-3-7(11)4-13-10(8)9(5)12/h3-4H,1-2H3,(H2,12,14). The smallest absolute Gasteiger partial charge is 0.143 e. The summed E-state index contributed by atoms with van der Waals surface area (Å²) in [6.45, 7) is 3.72. The summed E-state index contributed by atoms with van der Waals surface area (Å²) in [6.07, 6.45) is 1.15. The van der Waals surface area contributed by atoms with Gasteiger partial charge in [0.15, 0.2) is 0 Å². The summed E-state index contributed by atoms with van der Waals surface area (Å²) in [7, 11) is 0. The molecule has 0 aliphatic heterocycles. The quantitative estimate of drug-likeness (QED) is 0.692. The number of hydrogen-bond donors (Lipinski definition) is 1. The number of fused-ring (bicyclic) bond motifs is 1. The molecule has 2 aromatic rings. The number of nitrogens with two attached hydrogens (primary N) is 1. The zero-order chi connectivity index (χ0) is 10.3. The highest BCUT2D eigenvalue weighted by atomic mass is 19.1. The predicted octanol–water partition coefficient (Wildman–Crippen LogP) is 1.97. The number of hydrogen-bond acceptors (Lipinski definition) is 3. The molecule has 0 saturated heterocycles. The maximum atomic E-state index is 12.9. The molecule has 0 radical (unpaired) electrons. The van der Waals surface area contributed by atoms with Crippen LogP contribution in [0, 0.1) is 19.7 Å². The summed E-state index contributed by atoms with van der Waals surface area (Å²) < 4.78 is 12.9. The van der Waals surface area contributed by atoms with E-state index < -0.39 is 5.82 Å². The first-order valence-electron chi connectivity index (χ1n) is 4.27. The normalized spacial score (nSPS) is 10.8. The SMILES string of the molecule is Cc1nc2cc(F)cnc2c(N)c1C. The molecule has 0 aliphatic rings. The number of aromatic nitrogens is 2. The van der Waals surface area contributed by atoms with E-state index in [0.29, 0.717) is 16.7 Å². The van der Waals surface area contributed by atoms with Gasteiger partial charge in [-0.15, -0.1) is 0 Å². The number of pyridine rings is 2. The molecule has 0 amide bonds. The predicted molar refractivity (Wildman–Crippen MR) is 53.4 cm³/mol. The van der Waals surface area contributed by atoms with Crippen LogP contribution in [-0.4, -0.2) is 9.97 Å². The monoisotopic (exact) mass is 191 g/mol. The van der Waals surface area contributed by atoms with E-state index in [2.05, 4.69) is 9.97 Å². The zero-order valence-corrected chi connectivity index (χ0v) is 8.00. The Morgan fingerprint density at radius 2 is 2.07 bits per heavy atom. The van der Waals surface area contributed by atoms with Crippen molar-refractivity contribution in [3.8, 4) is 0 Å². The molecular weight excluding hydrogens is 181 g/mol. The molecule has 2 N–H and O–H groups in total. The molecule has 0 spiro atoms. The van der Waals surface area contributed by atoms with E-state index in [0.717, 1.165) is 17.5 Å². The van der Waals surface area contributed by atoms with Crippen LogP contribution in [0.2, 0.25) is 0 Å². The van der Waals surface area contributed by atoms with Gasteiger partial charge in [-0.25, -0.2) is 9.37 Å². The van der Waals surface area contributed by atoms with Crippen LogP contribution in [0.4, 0.5) is 10.1 Å². The second-order valence-corrected chi connectivity index (χ2v) is 3.26. The van der Waals surface area contributed by atoms with Crippen LogP contribution in [0.1, 0.15) is 11.3 Å². The topological polar surface area (TPSA) is 51.8 Å². The molecule has 0 atom stereocenters. The molecule has 0 fully saturated rings. The zero-order valence-electron chi connectivity index (χ0n) is 8.00. The molecule has 4 heteroatoms. The fourth-order valence-electron chi connectivity index (χ4n) is 1.36. The summed E-state index contributed by atoms with van der Waals surface area (Å²) in [5, 5.41) is 0. The third kappa shape index (κ3) is 1.19. The second kappa shape index (κ2) is 2.90. The maximum Gasteiger partial charge on any atom is 0.143 e. The Kier molecular flexibility index (Phi) is 1.84. The van der Waals surface area contributed by atoms with E-state index in [4.69, 9.17) is 5.73 Å². The number of nitrogen functional groups attached to an aromatic ring is 1. The lowest BCUT2D eigenvalue weighted by Crippen LogP contribution is -1.99. The first kappa shape index (κ1) is 8.87. The lowest BCUT2D eigenvalue weighted by molar-refractivity contribution is 0.624. The number of halogens is 1. The summed E-state index contributed by atoms with van der Waals surface area (Å²) >= 11 is 0. The molecule has 2 aromatic heterocycles. The first-order valence-corrected chi connectivity index (χ1v) is 4.27. The van der Waals surface area contributed by atoms with Gasteiger partial charge in [-0.1, -0.05) is 0 Å². The first-order chi connectivity index (χ1) is 6.59. The molecule has 72 valence electrons. The van der Waals surface area contributed by atoms with Gasteiger partial charge in [-0.05, 0) is 19.4 Å². The number of nitrogens with zero attached hydrogens (tertiary/aromatic N) is 2. The number of rotatable bonds is 0. The minimum Gasteiger partial charge on any atom is -0.397 e. The van der Waals surface area contributed by atoms with Crippen LogP contribution < -0.4 is 5.73 Å². The molecule has 0 saturated carbocycles. The van der Waals surface area contributed by atoms with Gasteiger partial charge in [-0.3, -0.25) is 4.98 Å². The summed E-state index contributed by atoms with van der Waals surface area (Å²) in [4.78, 5) is 8.13. The highest BCUT2D eigenvalue weighted by molar-refractivity contribution is 5.88. The summed E-state index contributed by atoms with van der Waals surface area (Å²) in [6, 6.07) is 1.34. The molecule has 2 rings (SSSR count). The third-order valence-corrected chi connectivity index (χ3v) is 2.32. The molecular formula is C10H10FN3. The van der Waals surface area contributed by atoms with Crippen LogP contribution in [0.15, 0.2) is 12.3 Å². The Hall–Kier alpha value is -1.71. The third-order valence-electron chi connectivity index (χ3n) is 2.32. The Morgan fingerprint density at radius 3 is 2.79 bits per heavy atom. The highest BCUT2D eigenvalue weighted by Crippen LogP contribution is 2.23. The van der Waals surface area contributed by atoms with Gasteiger partial charge in [0.25, 0.3) is 0 Å². The number of anilines is 1. The Labute approximate surface area is 80.8 Å². The molecule has 14 heavy (non-hydrogen) atoms. The van der Waals surface area contributed by atoms with Gasteiger partial charge in [0.1, 0.15) is 11.3 Å². The fraction of sp³-hybridized carbons (Fsp3) is 0.200. The molecule has 0 aliphatic carbocycles. The molecule has 0 aromatic carbocycles. The van der Waals surface area contributed by atoms with Crippen LogP contribution in [0.5, 0.6) is 0 Å². The summed E-state index contributed by atoms with van der Waals surface area (Å²) in [5.41, 5.74) is 9.20. The molecule has 3 nitrogen and oxygen atoms in total. The van der Waals surface area contributed by atoms with Crippen molar-refractivity contribution in [3.63, 3.8) is 0 Å². The van der Waals surface area contributed by atoms with Crippen LogP contribution in [-0.2, 0) is 0 Å². The highest BCUT2D eigenvalue weighted by Gasteiger charge is 2.07. The minimum absolute atomic E-state index is 0.396. The van der Waals surface area contributed by atoms with E-state index in [1.165, 1.54) is 6.07 Å². The molecule has 0 bridgehead atoms. The second-order valence-electron chi connectivity index (χ2n) is 3.26. The van der Waals surface area contributed by atoms with Crippen molar-refractivity contribution in [3.05, 3.63) is 29.3 Å². The Bertz CT molecular complexity index is 508. The molecule has 2 heterocycles. The van der Waals surface area contributed by atoms with Gasteiger partial charge < -0.3 is 5.73 Å².